The van der Waals surface area contributed by atoms with Crippen LogP contribution in [-0.2, 0) is 24.1 Å². The molecule has 184 valence electrons. The third-order valence-electron chi connectivity index (χ3n) is 6.85. The van der Waals surface area contributed by atoms with Gasteiger partial charge >= 0.3 is 5.97 Å². The van der Waals surface area contributed by atoms with E-state index in [-0.39, 0.29) is 12.3 Å². The number of hydrogen-bond acceptors (Lipinski definition) is 5. The van der Waals surface area contributed by atoms with Gasteiger partial charge in [0.1, 0.15) is 11.6 Å². The number of carbonyl (C=O) groups is 1. The lowest BCUT2D eigenvalue weighted by Crippen LogP contribution is -2.23. The molecule has 1 aliphatic carbocycles. The van der Waals surface area contributed by atoms with Crippen LogP contribution in [0.5, 0.6) is 5.75 Å². The smallest absolute Gasteiger partial charge is 0.303 e. The quantitative estimate of drug-likeness (QED) is 0.361. The minimum absolute atomic E-state index is 0.125. The van der Waals surface area contributed by atoms with Gasteiger partial charge in [0.2, 0.25) is 0 Å². The largest absolute Gasteiger partial charge is 0.494 e. The number of aliphatic carboxylic acids is 1. The first-order valence-electron chi connectivity index (χ1n) is 12.6. The molecule has 4 rings (SSSR count). The van der Waals surface area contributed by atoms with E-state index in [9.17, 15) is 4.79 Å². The molecule has 0 saturated heterocycles. The van der Waals surface area contributed by atoms with Crippen molar-refractivity contribution in [1.29, 1.82) is 0 Å². The highest BCUT2D eigenvalue weighted by atomic mass is 16.5. The molecule has 1 aromatic heterocycles. The number of nitrogens with zero attached hydrogens (tertiary/aromatic N) is 3. The van der Waals surface area contributed by atoms with Gasteiger partial charge in [0.05, 0.1) is 13.0 Å². The van der Waals surface area contributed by atoms with Crippen LogP contribution in [-0.4, -0.2) is 41.2 Å². The number of aryl methyl sites for hydroxylation is 3. The van der Waals surface area contributed by atoms with E-state index in [1.165, 1.54) is 11.1 Å². The number of aromatic nitrogens is 2. The van der Waals surface area contributed by atoms with Gasteiger partial charge in [-0.2, -0.15) is 0 Å². The van der Waals surface area contributed by atoms with Crippen molar-refractivity contribution in [3.63, 3.8) is 0 Å². The molecule has 0 fully saturated rings. The Morgan fingerprint density at radius 2 is 1.94 bits per heavy atom. The summed E-state index contributed by atoms with van der Waals surface area (Å²) in [7, 11) is 2.07. The van der Waals surface area contributed by atoms with Crippen molar-refractivity contribution in [2.24, 2.45) is 0 Å². The fraction of sp³-hybridized carbons (Fsp3) is 0.414. The van der Waals surface area contributed by atoms with E-state index in [1.807, 2.05) is 18.3 Å². The summed E-state index contributed by atoms with van der Waals surface area (Å²) in [5.41, 5.74) is 5.86. The molecule has 1 aliphatic rings. The van der Waals surface area contributed by atoms with E-state index in [4.69, 9.17) is 14.8 Å². The highest BCUT2D eigenvalue weighted by Crippen LogP contribution is 2.37. The first-order valence-corrected chi connectivity index (χ1v) is 12.6. The van der Waals surface area contributed by atoms with E-state index in [1.54, 1.807) is 0 Å². The number of carboxylic acid groups (broad SMARTS) is 1. The van der Waals surface area contributed by atoms with Crippen LogP contribution in [0.3, 0.4) is 0 Å². The van der Waals surface area contributed by atoms with Crippen LogP contribution in [0.1, 0.15) is 61.3 Å². The molecular weight excluding hydrogens is 438 g/mol. The van der Waals surface area contributed by atoms with E-state index >= 15 is 0 Å². The molecule has 6 nitrogen and oxygen atoms in total. The van der Waals surface area contributed by atoms with Crippen molar-refractivity contribution in [3.05, 3.63) is 70.9 Å². The number of carboxylic acids is 1. The molecular formula is C29H35N3O3. The first kappa shape index (κ1) is 24.7. The molecule has 0 aliphatic heterocycles. The van der Waals surface area contributed by atoms with Gasteiger partial charge in [0, 0.05) is 30.9 Å². The summed E-state index contributed by atoms with van der Waals surface area (Å²) in [5.74, 6) is 1.97. The average molecular weight is 474 g/mol. The van der Waals surface area contributed by atoms with Crippen molar-refractivity contribution in [2.75, 3.05) is 25.1 Å². The van der Waals surface area contributed by atoms with Crippen LogP contribution in [0.25, 0.3) is 11.4 Å². The molecule has 0 bridgehead atoms. The number of anilines is 1. The lowest BCUT2D eigenvalue weighted by atomic mass is 9.98. The molecule has 0 amide bonds. The predicted molar refractivity (Wildman–Crippen MR) is 139 cm³/mol. The molecule has 0 saturated carbocycles. The average Bonchev–Trinajstić information content (AvgIpc) is 3.27. The van der Waals surface area contributed by atoms with Gasteiger partial charge in [-0.05, 0) is 66.8 Å². The maximum atomic E-state index is 11.1. The van der Waals surface area contributed by atoms with Gasteiger partial charge in [0.25, 0.3) is 0 Å². The molecule has 3 aromatic rings. The SMILES string of the molecule is CCc1ccc(-c2ncc(CC)c(N(C)CCCOc3ccc4c(c3)CC[C@H]4CC(=O)O)n2)cc1. The maximum Gasteiger partial charge on any atom is 0.303 e. The first-order chi connectivity index (χ1) is 17.0. The molecule has 1 heterocycles. The van der Waals surface area contributed by atoms with Gasteiger partial charge in [0.15, 0.2) is 5.82 Å². The number of ether oxygens (including phenoxy) is 1. The second-order valence-corrected chi connectivity index (χ2v) is 9.26. The minimum atomic E-state index is -0.733. The standard InChI is InChI=1S/C29H35N3O3/c1-4-20-7-9-22(10-8-20)28-30-19-21(5-2)29(31-28)32(3)15-6-16-35-25-13-14-26-23(17-25)11-12-24(26)18-27(33)34/h7-10,13-14,17,19,24H,4-6,11-12,15-16,18H2,1-3H3,(H,33,34)/t24-/m0/s1. The number of hydrogen-bond donors (Lipinski definition) is 1. The van der Waals surface area contributed by atoms with Crippen LogP contribution < -0.4 is 9.64 Å². The van der Waals surface area contributed by atoms with Gasteiger partial charge in [-0.25, -0.2) is 9.97 Å². The fourth-order valence-corrected chi connectivity index (χ4v) is 4.80. The van der Waals surface area contributed by atoms with E-state index < -0.39 is 5.97 Å². The predicted octanol–water partition coefficient (Wildman–Crippen LogP) is 5.68. The van der Waals surface area contributed by atoms with Crippen molar-refractivity contribution in [3.8, 4) is 17.1 Å². The molecule has 0 radical (unpaired) electrons. The summed E-state index contributed by atoms with van der Waals surface area (Å²) < 4.78 is 6.03. The Balaban J connectivity index is 1.34. The fourth-order valence-electron chi connectivity index (χ4n) is 4.80. The summed E-state index contributed by atoms with van der Waals surface area (Å²) in [6.07, 6.45) is 6.73. The molecule has 1 N–H and O–H groups in total. The lowest BCUT2D eigenvalue weighted by Gasteiger charge is -2.21. The summed E-state index contributed by atoms with van der Waals surface area (Å²) in [6.45, 7) is 5.72. The highest BCUT2D eigenvalue weighted by molar-refractivity contribution is 5.68. The Morgan fingerprint density at radius 1 is 1.14 bits per heavy atom. The van der Waals surface area contributed by atoms with Crippen LogP contribution in [0, 0.1) is 0 Å². The highest BCUT2D eigenvalue weighted by Gasteiger charge is 2.24. The zero-order valence-electron chi connectivity index (χ0n) is 21.0. The van der Waals surface area contributed by atoms with Crippen molar-refractivity contribution in [2.45, 2.75) is 58.3 Å². The summed E-state index contributed by atoms with van der Waals surface area (Å²) >= 11 is 0. The summed E-state index contributed by atoms with van der Waals surface area (Å²) in [4.78, 5) is 22.8. The Kier molecular flexibility index (Phi) is 8.01. The Bertz CT molecular complexity index is 1160. The van der Waals surface area contributed by atoms with Gasteiger partial charge < -0.3 is 14.7 Å². The van der Waals surface area contributed by atoms with Crippen LogP contribution in [0.15, 0.2) is 48.7 Å². The van der Waals surface area contributed by atoms with Gasteiger partial charge in [-0.15, -0.1) is 0 Å². The zero-order valence-corrected chi connectivity index (χ0v) is 21.0. The van der Waals surface area contributed by atoms with Crippen molar-refractivity contribution >= 4 is 11.8 Å². The topological polar surface area (TPSA) is 75.6 Å². The van der Waals surface area contributed by atoms with E-state index in [0.717, 1.165) is 72.7 Å². The molecule has 1 atom stereocenters. The number of benzene rings is 2. The summed E-state index contributed by atoms with van der Waals surface area (Å²) in [5, 5.41) is 9.11. The second-order valence-electron chi connectivity index (χ2n) is 9.26. The normalized spacial score (nSPS) is 14.5. The minimum Gasteiger partial charge on any atom is -0.494 e. The lowest BCUT2D eigenvalue weighted by molar-refractivity contribution is -0.137. The number of rotatable bonds is 11. The third-order valence-corrected chi connectivity index (χ3v) is 6.85. The molecule has 2 aromatic carbocycles. The molecule has 6 heteroatoms. The summed E-state index contributed by atoms with van der Waals surface area (Å²) in [6, 6.07) is 14.6. The molecule has 0 spiro atoms. The maximum absolute atomic E-state index is 11.1. The van der Waals surface area contributed by atoms with E-state index in [0.29, 0.717) is 6.61 Å². The Labute approximate surface area is 208 Å². The third kappa shape index (κ3) is 5.99. The van der Waals surface area contributed by atoms with Crippen molar-refractivity contribution < 1.29 is 14.6 Å². The Morgan fingerprint density at radius 3 is 2.66 bits per heavy atom. The van der Waals surface area contributed by atoms with Gasteiger partial charge in [-0.1, -0.05) is 44.2 Å². The van der Waals surface area contributed by atoms with Crippen LogP contribution in [0.2, 0.25) is 0 Å². The van der Waals surface area contributed by atoms with E-state index in [2.05, 4.69) is 61.1 Å². The Hall–Kier alpha value is -3.41. The second kappa shape index (κ2) is 11.3. The van der Waals surface area contributed by atoms with Crippen molar-refractivity contribution in [1.82, 2.24) is 9.97 Å². The zero-order chi connectivity index (χ0) is 24.8. The monoisotopic (exact) mass is 473 g/mol. The molecule has 0 unspecified atom stereocenters. The van der Waals surface area contributed by atoms with Crippen LogP contribution >= 0.6 is 0 Å². The number of fused-ring (bicyclic) bond motifs is 1. The molecule has 35 heavy (non-hydrogen) atoms. The van der Waals surface area contributed by atoms with Gasteiger partial charge in [-0.3, -0.25) is 4.79 Å². The van der Waals surface area contributed by atoms with Crippen LogP contribution in [0.4, 0.5) is 5.82 Å².